The van der Waals surface area contributed by atoms with Gasteiger partial charge in [-0.2, -0.15) is 0 Å². The number of nitrogens with one attached hydrogen (secondary N) is 3. The third-order valence-electron chi connectivity index (χ3n) is 4.99. The first kappa shape index (κ1) is 22.8. The third-order valence-corrected chi connectivity index (χ3v) is 4.99. The molecular weight excluding hydrogens is 370 g/mol. The first-order chi connectivity index (χ1) is 14.0. The molecule has 3 N–H and O–H groups in total. The van der Waals surface area contributed by atoms with Gasteiger partial charge in [-0.3, -0.25) is 4.79 Å². The largest absolute Gasteiger partial charge is 0.490 e. The van der Waals surface area contributed by atoms with E-state index < -0.39 is 6.03 Å². The van der Waals surface area contributed by atoms with Crippen LogP contribution in [0.2, 0.25) is 0 Å². The third kappa shape index (κ3) is 7.83. The first-order valence-electron chi connectivity index (χ1n) is 10.8. The summed E-state index contributed by atoms with van der Waals surface area (Å²) >= 11 is 0. The molecule has 162 valence electrons. The monoisotopic (exact) mass is 405 g/mol. The summed E-state index contributed by atoms with van der Waals surface area (Å²) in [4.78, 5) is 24.3. The number of urea groups is 1. The summed E-state index contributed by atoms with van der Waals surface area (Å²) in [5.74, 6) is 1.58. The average molecular weight is 406 g/mol. The molecule has 0 radical (unpaired) electrons. The van der Waals surface area contributed by atoms with Crippen LogP contribution in [0.1, 0.15) is 59.3 Å². The summed E-state index contributed by atoms with van der Waals surface area (Å²) in [5, 5.41) is 8.39. The number of anilines is 1. The summed E-state index contributed by atoms with van der Waals surface area (Å²) in [6.07, 6.45) is 6.28. The lowest BCUT2D eigenvalue weighted by molar-refractivity contribution is -0.121. The molecule has 0 saturated heterocycles. The highest BCUT2D eigenvalue weighted by Crippen LogP contribution is 2.31. The standard InChI is InChI=1S/C22H35N3O4/c1-4-12-28-19-11-10-17(14-20(19)29-13-5-2)24-22(27)23-15-21(26)25-18-9-7-6-8-16(18)3/h10-11,14,16,18H,4-9,12-13,15H2,1-3H3,(H,25,26)(H2,23,24,27)/t16-,18+/m1/s1. The molecule has 1 aliphatic rings. The van der Waals surface area contributed by atoms with Crippen molar-refractivity contribution in [1.29, 1.82) is 0 Å². The van der Waals surface area contributed by atoms with Gasteiger partial charge in [0.2, 0.25) is 5.91 Å². The number of amides is 3. The SMILES string of the molecule is CCCOc1ccc(NC(=O)NCC(=O)N[C@H]2CCCC[C@H]2C)cc1OCCC. The molecule has 0 bridgehead atoms. The maximum Gasteiger partial charge on any atom is 0.319 e. The molecule has 0 heterocycles. The molecule has 7 nitrogen and oxygen atoms in total. The van der Waals surface area contributed by atoms with Gasteiger partial charge in [0.15, 0.2) is 11.5 Å². The number of hydrogen-bond donors (Lipinski definition) is 3. The van der Waals surface area contributed by atoms with Crippen LogP contribution in [0.5, 0.6) is 11.5 Å². The van der Waals surface area contributed by atoms with Gasteiger partial charge in [-0.15, -0.1) is 0 Å². The summed E-state index contributed by atoms with van der Waals surface area (Å²) in [6, 6.07) is 5.06. The van der Waals surface area contributed by atoms with E-state index in [9.17, 15) is 9.59 Å². The maximum atomic E-state index is 12.2. The van der Waals surface area contributed by atoms with E-state index in [4.69, 9.17) is 9.47 Å². The Morgan fingerprint density at radius 2 is 1.72 bits per heavy atom. The molecule has 0 aromatic heterocycles. The van der Waals surface area contributed by atoms with Crippen molar-refractivity contribution in [1.82, 2.24) is 10.6 Å². The number of hydrogen-bond acceptors (Lipinski definition) is 4. The Bertz CT molecular complexity index is 665. The number of carbonyl (C=O) groups excluding carboxylic acids is 2. The fraction of sp³-hybridized carbons (Fsp3) is 0.636. The molecule has 0 unspecified atom stereocenters. The smallest absolute Gasteiger partial charge is 0.319 e. The van der Waals surface area contributed by atoms with Crippen molar-refractivity contribution < 1.29 is 19.1 Å². The van der Waals surface area contributed by atoms with E-state index in [-0.39, 0.29) is 18.5 Å². The number of benzene rings is 1. The zero-order valence-electron chi connectivity index (χ0n) is 17.9. The van der Waals surface area contributed by atoms with Gasteiger partial charge in [-0.1, -0.05) is 33.6 Å². The molecule has 3 amide bonds. The predicted octanol–water partition coefficient (Wildman–Crippen LogP) is 4.08. The van der Waals surface area contributed by atoms with E-state index in [1.165, 1.54) is 6.42 Å². The molecule has 2 rings (SSSR count). The first-order valence-corrected chi connectivity index (χ1v) is 10.8. The van der Waals surface area contributed by atoms with E-state index in [1.807, 2.05) is 13.8 Å². The van der Waals surface area contributed by atoms with Crippen molar-refractivity contribution in [2.75, 3.05) is 25.1 Å². The Morgan fingerprint density at radius 1 is 1.03 bits per heavy atom. The molecule has 29 heavy (non-hydrogen) atoms. The second kappa shape index (κ2) is 12.2. The van der Waals surface area contributed by atoms with Crippen LogP contribution in [0.15, 0.2) is 18.2 Å². The fourth-order valence-electron chi connectivity index (χ4n) is 3.37. The zero-order valence-corrected chi connectivity index (χ0v) is 17.9. The quantitative estimate of drug-likeness (QED) is 0.547. The van der Waals surface area contributed by atoms with Crippen molar-refractivity contribution in [2.45, 2.75) is 65.3 Å². The molecule has 1 aromatic rings. The summed E-state index contributed by atoms with van der Waals surface area (Å²) in [6.45, 7) is 7.35. The van der Waals surface area contributed by atoms with E-state index >= 15 is 0 Å². The topological polar surface area (TPSA) is 88.7 Å². The van der Waals surface area contributed by atoms with Crippen molar-refractivity contribution in [2.24, 2.45) is 5.92 Å². The number of carbonyl (C=O) groups is 2. The zero-order chi connectivity index (χ0) is 21.1. The second-order valence-electron chi connectivity index (χ2n) is 7.60. The van der Waals surface area contributed by atoms with Crippen LogP contribution >= 0.6 is 0 Å². The minimum atomic E-state index is -0.430. The summed E-state index contributed by atoms with van der Waals surface area (Å²) < 4.78 is 11.4. The predicted molar refractivity (Wildman–Crippen MR) is 115 cm³/mol. The van der Waals surface area contributed by atoms with E-state index in [2.05, 4.69) is 22.9 Å². The van der Waals surface area contributed by atoms with Gasteiger partial charge in [0.25, 0.3) is 0 Å². The molecular formula is C22H35N3O4. The highest BCUT2D eigenvalue weighted by atomic mass is 16.5. The molecule has 1 aromatic carbocycles. The van der Waals surface area contributed by atoms with Crippen LogP contribution in [0, 0.1) is 5.92 Å². The van der Waals surface area contributed by atoms with E-state index in [0.717, 1.165) is 32.1 Å². The Kier molecular flexibility index (Phi) is 9.60. The Balaban J connectivity index is 1.84. The number of ether oxygens (including phenoxy) is 2. The van der Waals surface area contributed by atoms with Gasteiger partial charge >= 0.3 is 6.03 Å². The maximum absolute atomic E-state index is 12.2. The van der Waals surface area contributed by atoms with Gasteiger partial charge < -0.3 is 25.4 Å². The van der Waals surface area contributed by atoms with Crippen molar-refractivity contribution in [3.05, 3.63) is 18.2 Å². The Hall–Kier alpha value is -2.44. The lowest BCUT2D eigenvalue weighted by atomic mass is 9.86. The molecule has 0 aliphatic heterocycles. The lowest BCUT2D eigenvalue weighted by Crippen LogP contribution is -2.46. The summed E-state index contributed by atoms with van der Waals surface area (Å²) in [7, 11) is 0. The van der Waals surface area contributed by atoms with Crippen LogP contribution in [0.3, 0.4) is 0 Å². The van der Waals surface area contributed by atoms with Gasteiger partial charge in [0.1, 0.15) is 0 Å². The van der Waals surface area contributed by atoms with Crippen LogP contribution in [-0.2, 0) is 4.79 Å². The van der Waals surface area contributed by atoms with E-state index in [0.29, 0.717) is 36.3 Å². The summed E-state index contributed by atoms with van der Waals surface area (Å²) in [5.41, 5.74) is 0.582. The molecule has 7 heteroatoms. The Labute approximate surface area is 173 Å². The van der Waals surface area contributed by atoms with Gasteiger partial charge in [-0.25, -0.2) is 4.79 Å². The minimum Gasteiger partial charge on any atom is -0.490 e. The fourth-order valence-corrected chi connectivity index (χ4v) is 3.37. The molecule has 1 saturated carbocycles. The Morgan fingerprint density at radius 3 is 2.41 bits per heavy atom. The van der Waals surface area contributed by atoms with Crippen molar-refractivity contribution in [3.8, 4) is 11.5 Å². The molecule has 1 aliphatic carbocycles. The van der Waals surface area contributed by atoms with Crippen LogP contribution in [-0.4, -0.2) is 37.7 Å². The normalized spacial score (nSPS) is 18.6. The van der Waals surface area contributed by atoms with Crippen molar-refractivity contribution in [3.63, 3.8) is 0 Å². The second-order valence-corrected chi connectivity index (χ2v) is 7.60. The minimum absolute atomic E-state index is 0.0497. The van der Waals surface area contributed by atoms with Crippen LogP contribution < -0.4 is 25.4 Å². The average Bonchev–Trinajstić information content (AvgIpc) is 2.71. The number of rotatable bonds is 10. The lowest BCUT2D eigenvalue weighted by Gasteiger charge is -2.29. The van der Waals surface area contributed by atoms with Crippen LogP contribution in [0.4, 0.5) is 10.5 Å². The van der Waals surface area contributed by atoms with Crippen LogP contribution in [0.25, 0.3) is 0 Å². The highest BCUT2D eigenvalue weighted by Gasteiger charge is 2.22. The van der Waals surface area contributed by atoms with Gasteiger partial charge in [0, 0.05) is 17.8 Å². The molecule has 1 fully saturated rings. The molecule has 0 spiro atoms. The van der Waals surface area contributed by atoms with E-state index in [1.54, 1.807) is 18.2 Å². The van der Waals surface area contributed by atoms with Crippen molar-refractivity contribution >= 4 is 17.6 Å². The molecule has 2 atom stereocenters. The van der Waals surface area contributed by atoms with Gasteiger partial charge in [0.05, 0.1) is 19.8 Å². The highest BCUT2D eigenvalue weighted by molar-refractivity contribution is 5.92. The van der Waals surface area contributed by atoms with Gasteiger partial charge in [-0.05, 0) is 43.7 Å².